The average molecular weight is 340 g/mol. The molecule has 1 aromatic carbocycles. The number of anilines is 1. The van der Waals surface area contributed by atoms with Gasteiger partial charge in [0.05, 0.1) is 0 Å². The van der Waals surface area contributed by atoms with Crippen LogP contribution in [0.3, 0.4) is 0 Å². The van der Waals surface area contributed by atoms with Crippen LogP contribution in [0.15, 0.2) is 41.1 Å². The smallest absolute Gasteiger partial charge is 0.246 e. The number of amides is 2. The Bertz CT molecular complexity index is 767. The van der Waals surface area contributed by atoms with E-state index in [0.29, 0.717) is 19.0 Å². The van der Waals surface area contributed by atoms with Crippen molar-refractivity contribution in [2.75, 3.05) is 4.90 Å². The van der Waals surface area contributed by atoms with Crippen LogP contribution in [0.5, 0.6) is 0 Å². The highest BCUT2D eigenvalue weighted by molar-refractivity contribution is 7.07. The number of hydrogen-bond acceptors (Lipinski definition) is 3. The molecule has 2 aliphatic rings. The molecule has 0 bridgehead atoms. The molecule has 1 aromatic heterocycles. The molecule has 0 N–H and O–H groups in total. The Morgan fingerprint density at radius 3 is 2.71 bits per heavy atom. The van der Waals surface area contributed by atoms with Crippen LogP contribution in [-0.2, 0) is 22.6 Å². The number of para-hydroxylation sites is 1. The Labute approximate surface area is 145 Å². The molecule has 0 spiro atoms. The van der Waals surface area contributed by atoms with Gasteiger partial charge in [0.2, 0.25) is 11.8 Å². The Morgan fingerprint density at radius 2 is 2.04 bits per heavy atom. The molecular weight excluding hydrogens is 320 g/mol. The van der Waals surface area contributed by atoms with Gasteiger partial charge in [-0.3, -0.25) is 14.5 Å². The molecule has 1 aliphatic heterocycles. The molecule has 1 fully saturated rings. The van der Waals surface area contributed by atoms with Gasteiger partial charge in [-0.25, -0.2) is 0 Å². The average Bonchev–Trinajstić information content (AvgIpc) is 3.14. The van der Waals surface area contributed by atoms with Gasteiger partial charge >= 0.3 is 0 Å². The first-order chi connectivity index (χ1) is 11.6. The van der Waals surface area contributed by atoms with Crippen molar-refractivity contribution in [2.45, 2.75) is 44.8 Å². The molecule has 4 rings (SSSR count). The molecule has 2 aromatic rings. The molecule has 4 nitrogen and oxygen atoms in total. The Morgan fingerprint density at radius 1 is 1.25 bits per heavy atom. The number of carbonyl (C=O) groups excluding carboxylic acids is 2. The molecule has 0 unspecified atom stereocenters. The molecule has 2 amide bonds. The van der Waals surface area contributed by atoms with E-state index in [1.807, 2.05) is 34.5 Å². The second-order valence-corrected chi connectivity index (χ2v) is 7.35. The molecule has 2 heterocycles. The van der Waals surface area contributed by atoms with E-state index in [4.69, 9.17) is 0 Å². The lowest BCUT2D eigenvalue weighted by molar-refractivity contribution is -0.135. The number of hydrogen-bond donors (Lipinski definition) is 0. The Kier molecular flexibility index (Phi) is 3.88. The molecule has 1 atom stereocenters. The minimum Gasteiger partial charge on any atom is -0.334 e. The summed E-state index contributed by atoms with van der Waals surface area (Å²) in [4.78, 5) is 29.1. The second kappa shape index (κ2) is 6.06. The van der Waals surface area contributed by atoms with Crippen LogP contribution in [0.4, 0.5) is 5.69 Å². The van der Waals surface area contributed by atoms with Gasteiger partial charge in [-0.1, -0.05) is 18.2 Å². The van der Waals surface area contributed by atoms with E-state index < -0.39 is 6.04 Å². The third kappa shape index (κ3) is 2.73. The van der Waals surface area contributed by atoms with Crippen molar-refractivity contribution in [1.29, 1.82) is 0 Å². The molecule has 5 heteroatoms. The third-order valence-corrected chi connectivity index (χ3v) is 5.54. The number of rotatable bonds is 4. The lowest BCUT2D eigenvalue weighted by Crippen LogP contribution is -2.49. The zero-order valence-electron chi connectivity index (χ0n) is 13.6. The first-order valence-electron chi connectivity index (χ1n) is 8.34. The van der Waals surface area contributed by atoms with Gasteiger partial charge in [0, 0.05) is 31.6 Å². The van der Waals surface area contributed by atoms with Gasteiger partial charge in [0.1, 0.15) is 6.04 Å². The minimum atomic E-state index is -0.404. The maximum atomic E-state index is 13.3. The summed E-state index contributed by atoms with van der Waals surface area (Å²) in [6.07, 6.45) is 2.74. The maximum absolute atomic E-state index is 13.3. The molecule has 1 aliphatic carbocycles. The van der Waals surface area contributed by atoms with Gasteiger partial charge in [0.25, 0.3) is 0 Å². The third-order valence-electron chi connectivity index (χ3n) is 4.80. The monoisotopic (exact) mass is 340 g/mol. The van der Waals surface area contributed by atoms with Crippen LogP contribution in [0.25, 0.3) is 0 Å². The number of thiophene rings is 1. The standard InChI is InChI=1S/C19H20N2O2S/c1-13(22)21-17-5-3-2-4-15(17)10-18(21)19(23)20(16-6-7-16)11-14-8-9-24-12-14/h2-5,8-9,12,16,18H,6-7,10-11H2,1H3/t18-/m0/s1. The largest absolute Gasteiger partial charge is 0.334 e. The zero-order chi connectivity index (χ0) is 16.7. The first kappa shape index (κ1) is 15.4. The SMILES string of the molecule is CC(=O)N1c2ccccc2C[C@H]1C(=O)N(Cc1ccsc1)C1CC1. The molecular formula is C19H20N2O2S. The van der Waals surface area contributed by atoms with E-state index in [1.165, 1.54) is 5.56 Å². The summed E-state index contributed by atoms with van der Waals surface area (Å²) in [7, 11) is 0. The van der Waals surface area contributed by atoms with Crippen LogP contribution >= 0.6 is 11.3 Å². The zero-order valence-corrected chi connectivity index (χ0v) is 14.5. The fraction of sp³-hybridized carbons (Fsp3) is 0.368. The first-order valence-corrected chi connectivity index (χ1v) is 9.28. The number of benzene rings is 1. The van der Waals surface area contributed by atoms with E-state index in [9.17, 15) is 9.59 Å². The van der Waals surface area contributed by atoms with Crippen LogP contribution in [-0.4, -0.2) is 28.8 Å². The highest BCUT2D eigenvalue weighted by Gasteiger charge is 2.42. The summed E-state index contributed by atoms with van der Waals surface area (Å²) in [5, 5.41) is 4.13. The number of fused-ring (bicyclic) bond motifs is 1. The molecule has 124 valence electrons. The van der Waals surface area contributed by atoms with Crippen LogP contribution < -0.4 is 4.90 Å². The fourth-order valence-corrected chi connectivity index (χ4v) is 4.18. The number of nitrogens with zero attached hydrogens (tertiary/aromatic N) is 2. The predicted octanol–water partition coefficient (Wildman–Crippen LogP) is 3.22. The number of carbonyl (C=O) groups is 2. The van der Waals surface area contributed by atoms with Crippen molar-refractivity contribution in [3.8, 4) is 0 Å². The van der Waals surface area contributed by atoms with Crippen molar-refractivity contribution >= 4 is 28.8 Å². The van der Waals surface area contributed by atoms with Crippen molar-refractivity contribution in [3.05, 3.63) is 52.2 Å². The summed E-state index contributed by atoms with van der Waals surface area (Å²) < 4.78 is 0. The van der Waals surface area contributed by atoms with Crippen molar-refractivity contribution in [1.82, 2.24) is 4.90 Å². The van der Waals surface area contributed by atoms with E-state index >= 15 is 0 Å². The Hall–Kier alpha value is -2.14. The van der Waals surface area contributed by atoms with E-state index in [2.05, 4.69) is 11.4 Å². The Balaban J connectivity index is 1.61. The van der Waals surface area contributed by atoms with Crippen LogP contribution in [0, 0.1) is 0 Å². The lowest BCUT2D eigenvalue weighted by Gasteiger charge is -2.30. The van der Waals surface area contributed by atoms with Gasteiger partial charge in [0.15, 0.2) is 0 Å². The summed E-state index contributed by atoms with van der Waals surface area (Å²) in [6, 6.07) is 9.83. The van der Waals surface area contributed by atoms with E-state index in [0.717, 1.165) is 24.1 Å². The topological polar surface area (TPSA) is 40.6 Å². The van der Waals surface area contributed by atoms with Gasteiger partial charge in [-0.15, -0.1) is 0 Å². The normalized spacial score (nSPS) is 19.2. The van der Waals surface area contributed by atoms with Gasteiger partial charge in [-0.05, 0) is 46.9 Å². The summed E-state index contributed by atoms with van der Waals surface area (Å²) >= 11 is 1.65. The molecule has 1 saturated carbocycles. The molecule has 0 saturated heterocycles. The predicted molar refractivity (Wildman–Crippen MR) is 95.0 cm³/mol. The molecule has 0 radical (unpaired) electrons. The summed E-state index contributed by atoms with van der Waals surface area (Å²) in [6.45, 7) is 2.19. The quantitative estimate of drug-likeness (QED) is 0.857. The van der Waals surface area contributed by atoms with E-state index in [-0.39, 0.29) is 11.8 Å². The summed E-state index contributed by atoms with van der Waals surface area (Å²) in [5.74, 6) is 0.0136. The van der Waals surface area contributed by atoms with Crippen LogP contribution in [0.1, 0.15) is 30.9 Å². The van der Waals surface area contributed by atoms with Crippen LogP contribution in [0.2, 0.25) is 0 Å². The van der Waals surface area contributed by atoms with Gasteiger partial charge < -0.3 is 4.90 Å². The summed E-state index contributed by atoms with van der Waals surface area (Å²) in [5.41, 5.74) is 3.14. The lowest BCUT2D eigenvalue weighted by atomic mass is 10.1. The minimum absolute atomic E-state index is 0.0652. The fourth-order valence-electron chi connectivity index (χ4n) is 3.52. The highest BCUT2D eigenvalue weighted by Crippen LogP contribution is 2.36. The van der Waals surface area contributed by atoms with E-state index in [1.54, 1.807) is 23.2 Å². The van der Waals surface area contributed by atoms with Crippen molar-refractivity contribution in [2.24, 2.45) is 0 Å². The maximum Gasteiger partial charge on any atom is 0.246 e. The van der Waals surface area contributed by atoms with Crippen molar-refractivity contribution in [3.63, 3.8) is 0 Å². The highest BCUT2D eigenvalue weighted by atomic mass is 32.1. The molecule has 24 heavy (non-hydrogen) atoms. The van der Waals surface area contributed by atoms with Gasteiger partial charge in [-0.2, -0.15) is 11.3 Å². The second-order valence-electron chi connectivity index (χ2n) is 6.57. The van der Waals surface area contributed by atoms with Crippen molar-refractivity contribution < 1.29 is 9.59 Å².